The number of aliphatic hydroxyl groups excluding tert-OH is 2. The summed E-state index contributed by atoms with van der Waals surface area (Å²) in [6, 6.07) is -0.644. The van der Waals surface area contributed by atoms with Crippen molar-refractivity contribution in [3.8, 4) is 0 Å². The third-order valence-electron chi connectivity index (χ3n) is 12.9. The molecule has 1 amide bonds. The van der Waals surface area contributed by atoms with E-state index in [1.165, 1.54) is 199 Å². The first-order chi connectivity index (χ1) is 31.5. The highest BCUT2D eigenvalue weighted by atomic mass is 16.5. The average Bonchev–Trinajstić information content (AvgIpc) is 3.29. The molecule has 0 aromatic rings. The number of esters is 1. The van der Waals surface area contributed by atoms with Crippen LogP contribution in [0.3, 0.4) is 0 Å². The van der Waals surface area contributed by atoms with Gasteiger partial charge in [-0.1, -0.05) is 256 Å². The Kier molecular flexibility index (Phi) is 52.1. The second-order valence-electron chi connectivity index (χ2n) is 19.3. The summed E-state index contributed by atoms with van der Waals surface area (Å²) in [5.74, 6) is -0.115. The van der Waals surface area contributed by atoms with Crippen molar-refractivity contribution < 1.29 is 24.5 Å². The normalized spacial score (nSPS) is 12.9. The molecule has 0 saturated carbocycles. The molecule has 0 aliphatic rings. The molecule has 0 aliphatic heterocycles. The minimum atomic E-state index is -0.859. The molecule has 0 aliphatic carbocycles. The lowest BCUT2D eigenvalue weighted by Crippen LogP contribution is -2.45. The van der Waals surface area contributed by atoms with E-state index >= 15 is 0 Å². The number of unbranched alkanes of at least 4 members (excludes halogenated alkanes) is 37. The van der Waals surface area contributed by atoms with Crippen LogP contribution in [0, 0.1) is 0 Å². The van der Waals surface area contributed by atoms with Crippen LogP contribution in [0.15, 0.2) is 36.5 Å². The van der Waals surface area contributed by atoms with E-state index < -0.39 is 12.1 Å². The molecule has 0 bridgehead atoms. The van der Waals surface area contributed by atoms with Crippen molar-refractivity contribution in [2.24, 2.45) is 0 Å². The number of ether oxygens (including phenoxy) is 1. The van der Waals surface area contributed by atoms with Gasteiger partial charge in [-0.15, -0.1) is 0 Å². The van der Waals surface area contributed by atoms with E-state index in [2.05, 4.69) is 43.5 Å². The summed E-state index contributed by atoms with van der Waals surface area (Å²) in [6.07, 6.45) is 65.8. The Labute approximate surface area is 398 Å². The van der Waals surface area contributed by atoms with Crippen molar-refractivity contribution in [1.82, 2.24) is 5.32 Å². The van der Waals surface area contributed by atoms with Crippen LogP contribution >= 0.6 is 0 Å². The lowest BCUT2D eigenvalue weighted by molar-refractivity contribution is -0.143. The van der Waals surface area contributed by atoms with Gasteiger partial charge in [0.1, 0.15) is 0 Å². The Balaban J connectivity index is 3.51. The SMILES string of the molecule is CCCCC/C=C\C/C=C\CCCCCCCC(=O)OCCCCCCCCCCCCCC(=O)NC(CO)C(O)/C=C/CCCCCCCCCCCCCCCCCCCCC. The molecule has 6 heteroatoms. The van der Waals surface area contributed by atoms with Crippen molar-refractivity contribution in [3.05, 3.63) is 36.5 Å². The highest BCUT2D eigenvalue weighted by Crippen LogP contribution is 2.16. The molecule has 6 nitrogen and oxygen atoms in total. The maximum atomic E-state index is 12.5. The zero-order valence-corrected chi connectivity index (χ0v) is 42.8. The maximum absolute atomic E-state index is 12.5. The molecule has 3 N–H and O–H groups in total. The van der Waals surface area contributed by atoms with Gasteiger partial charge in [-0.2, -0.15) is 0 Å². The predicted octanol–water partition coefficient (Wildman–Crippen LogP) is 17.2. The fourth-order valence-electron chi connectivity index (χ4n) is 8.55. The van der Waals surface area contributed by atoms with Crippen LogP contribution in [0.25, 0.3) is 0 Å². The number of rotatable bonds is 52. The van der Waals surface area contributed by atoms with Crippen LogP contribution in [0.4, 0.5) is 0 Å². The fourth-order valence-corrected chi connectivity index (χ4v) is 8.55. The Hall–Kier alpha value is -1.92. The zero-order chi connectivity index (χ0) is 46.5. The van der Waals surface area contributed by atoms with Gasteiger partial charge in [0, 0.05) is 12.8 Å². The first kappa shape index (κ1) is 62.1. The predicted molar refractivity (Wildman–Crippen MR) is 278 cm³/mol. The molecule has 64 heavy (non-hydrogen) atoms. The lowest BCUT2D eigenvalue weighted by Gasteiger charge is -2.20. The highest BCUT2D eigenvalue weighted by Gasteiger charge is 2.18. The largest absolute Gasteiger partial charge is 0.466 e. The van der Waals surface area contributed by atoms with E-state index in [0.29, 0.717) is 19.4 Å². The Morgan fingerprint density at radius 1 is 0.438 bits per heavy atom. The van der Waals surface area contributed by atoms with Crippen LogP contribution in [0.2, 0.25) is 0 Å². The molecule has 0 heterocycles. The molecule has 376 valence electrons. The van der Waals surface area contributed by atoms with Crippen molar-refractivity contribution in [1.29, 1.82) is 0 Å². The van der Waals surface area contributed by atoms with E-state index in [-0.39, 0.29) is 18.5 Å². The lowest BCUT2D eigenvalue weighted by atomic mass is 10.0. The Bertz CT molecular complexity index is 1040. The maximum Gasteiger partial charge on any atom is 0.305 e. The monoisotopic (exact) mass is 900 g/mol. The van der Waals surface area contributed by atoms with Gasteiger partial charge < -0.3 is 20.3 Å². The second kappa shape index (κ2) is 53.7. The summed E-state index contributed by atoms with van der Waals surface area (Å²) in [5, 5.41) is 23.1. The van der Waals surface area contributed by atoms with Crippen molar-refractivity contribution in [2.45, 2.75) is 309 Å². The first-order valence-corrected chi connectivity index (χ1v) is 28.3. The summed E-state index contributed by atoms with van der Waals surface area (Å²) < 4.78 is 5.45. The molecule has 0 aromatic heterocycles. The molecule has 0 aromatic carbocycles. The standard InChI is InChI=1S/C58H109NO5/c1-3-5-7-9-11-13-15-17-19-20-21-22-23-24-26-27-30-34-38-42-46-50-56(61)55(54-60)59-57(62)51-47-43-39-35-31-29-33-37-41-45-49-53-64-58(63)52-48-44-40-36-32-28-25-18-16-14-12-10-8-6-4-2/h12,14,18,25,46,50,55-56,60-61H,3-11,13,15-17,19-24,26-45,47-49,51-54H2,1-2H3,(H,59,62)/b14-12-,25-18-,50-46+. The topological polar surface area (TPSA) is 95.9 Å². The Morgan fingerprint density at radius 2 is 0.781 bits per heavy atom. The second-order valence-corrected chi connectivity index (χ2v) is 19.3. The number of nitrogens with one attached hydrogen (secondary N) is 1. The summed E-state index contributed by atoms with van der Waals surface area (Å²) in [7, 11) is 0. The number of hydrogen-bond donors (Lipinski definition) is 3. The van der Waals surface area contributed by atoms with Gasteiger partial charge >= 0.3 is 5.97 Å². The number of hydrogen-bond acceptors (Lipinski definition) is 5. The summed E-state index contributed by atoms with van der Waals surface area (Å²) in [6.45, 7) is 4.84. The van der Waals surface area contributed by atoms with Crippen LogP contribution in [-0.2, 0) is 14.3 Å². The Morgan fingerprint density at radius 3 is 1.22 bits per heavy atom. The van der Waals surface area contributed by atoms with Gasteiger partial charge in [-0.05, 0) is 64.2 Å². The molecule has 2 unspecified atom stereocenters. The quantitative estimate of drug-likeness (QED) is 0.0321. The van der Waals surface area contributed by atoms with Crippen molar-refractivity contribution in [2.75, 3.05) is 13.2 Å². The molecule has 0 spiro atoms. The number of allylic oxidation sites excluding steroid dienone is 5. The van der Waals surface area contributed by atoms with E-state index in [1.807, 2.05) is 6.08 Å². The van der Waals surface area contributed by atoms with Crippen LogP contribution in [-0.4, -0.2) is 47.4 Å². The van der Waals surface area contributed by atoms with E-state index in [4.69, 9.17) is 4.74 Å². The molecule has 0 fully saturated rings. The highest BCUT2D eigenvalue weighted by molar-refractivity contribution is 5.76. The third-order valence-corrected chi connectivity index (χ3v) is 12.9. The van der Waals surface area contributed by atoms with Gasteiger partial charge in [0.25, 0.3) is 0 Å². The van der Waals surface area contributed by atoms with Gasteiger partial charge in [-0.25, -0.2) is 0 Å². The van der Waals surface area contributed by atoms with Gasteiger partial charge in [0.2, 0.25) is 5.91 Å². The molecule has 0 radical (unpaired) electrons. The minimum absolute atomic E-state index is 0.0292. The van der Waals surface area contributed by atoms with Crippen molar-refractivity contribution >= 4 is 11.9 Å². The van der Waals surface area contributed by atoms with Crippen LogP contribution in [0.1, 0.15) is 296 Å². The molecule has 2 atom stereocenters. The molecular weight excluding hydrogens is 791 g/mol. The van der Waals surface area contributed by atoms with Crippen LogP contribution in [0.5, 0.6) is 0 Å². The third kappa shape index (κ3) is 49.5. The summed E-state index contributed by atoms with van der Waals surface area (Å²) in [5.41, 5.74) is 0. The van der Waals surface area contributed by atoms with Gasteiger partial charge in [0.15, 0.2) is 0 Å². The molecule has 0 saturated heterocycles. The zero-order valence-electron chi connectivity index (χ0n) is 42.8. The number of carbonyl (C=O) groups excluding carboxylic acids is 2. The van der Waals surface area contributed by atoms with Crippen LogP contribution < -0.4 is 5.32 Å². The van der Waals surface area contributed by atoms with E-state index in [1.54, 1.807) is 6.08 Å². The van der Waals surface area contributed by atoms with E-state index in [0.717, 1.165) is 70.6 Å². The number of aliphatic hydroxyl groups is 2. The van der Waals surface area contributed by atoms with Crippen molar-refractivity contribution in [3.63, 3.8) is 0 Å². The molecular formula is C58H109NO5. The average molecular weight is 901 g/mol. The van der Waals surface area contributed by atoms with E-state index in [9.17, 15) is 19.8 Å². The van der Waals surface area contributed by atoms with Gasteiger partial charge in [-0.3, -0.25) is 9.59 Å². The summed E-state index contributed by atoms with van der Waals surface area (Å²) >= 11 is 0. The first-order valence-electron chi connectivity index (χ1n) is 28.3. The number of carbonyl (C=O) groups is 2. The smallest absolute Gasteiger partial charge is 0.305 e. The minimum Gasteiger partial charge on any atom is -0.466 e. The fraction of sp³-hybridized carbons (Fsp3) is 0.862. The molecule has 0 rings (SSSR count). The summed E-state index contributed by atoms with van der Waals surface area (Å²) in [4.78, 5) is 24.5. The van der Waals surface area contributed by atoms with Gasteiger partial charge in [0.05, 0.1) is 25.4 Å². The number of amides is 1.